The third kappa shape index (κ3) is 3.24. The summed E-state index contributed by atoms with van der Waals surface area (Å²) in [5.41, 5.74) is 0.538. The monoisotopic (exact) mass is 303 g/mol. The van der Waals surface area contributed by atoms with Gasteiger partial charge in [0.25, 0.3) is 5.56 Å². The van der Waals surface area contributed by atoms with Gasteiger partial charge in [-0.05, 0) is 17.7 Å². The molecule has 1 aromatic heterocycles. The lowest BCUT2D eigenvalue weighted by Gasteiger charge is -2.19. The van der Waals surface area contributed by atoms with E-state index in [-0.39, 0.29) is 12.1 Å². The van der Waals surface area contributed by atoms with Crippen molar-refractivity contribution < 1.29 is 19.4 Å². The Bertz CT molecular complexity index is 704. The number of carboxylic acids is 1. The number of hydrogen-bond donors (Lipinski definition) is 1. The van der Waals surface area contributed by atoms with Crippen LogP contribution in [0, 0.1) is 0 Å². The number of benzene rings is 1. The molecule has 22 heavy (non-hydrogen) atoms. The van der Waals surface area contributed by atoms with E-state index in [0.717, 1.165) is 5.56 Å². The Balaban J connectivity index is 2.61. The molecule has 0 aliphatic rings. The lowest BCUT2D eigenvalue weighted by Crippen LogP contribution is -2.33. The van der Waals surface area contributed by atoms with Gasteiger partial charge in [-0.2, -0.15) is 0 Å². The zero-order valence-electron chi connectivity index (χ0n) is 12.4. The molecule has 0 aliphatic carbocycles. The smallest absolute Gasteiger partial charge is 0.341 e. The molecule has 0 fully saturated rings. The number of rotatable bonds is 6. The highest BCUT2D eigenvalue weighted by atomic mass is 16.7. The van der Waals surface area contributed by atoms with E-state index in [2.05, 4.69) is 0 Å². The second-order valence-electron chi connectivity index (χ2n) is 4.62. The molecule has 0 aliphatic heterocycles. The number of aromatic nitrogens is 1. The van der Waals surface area contributed by atoms with Gasteiger partial charge >= 0.3 is 5.97 Å². The third-order valence-corrected chi connectivity index (χ3v) is 3.33. The number of aromatic carboxylic acids is 1. The van der Waals surface area contributed by atoms with Gasteiger partial charge < -0.3 is 19.1 Å². The van der Waals surface area contributed by atoms with Crippen LogP contribution in [0.15, 0.2) is 47.3 Å². The SMILES string of the molecule is COC(Cn1c(-c2ccccc2)ccc(C(=O)O)c1=O)OC. The van der Waals surface area contributed by atoms with Crippen LogP contribution in [0.2, 0.25) is 0 Å². The maximum atomic E-state index is 12.4. The molecular weight excluding hydrogens is 286 g/mol. The van der Waals surface area contributed by atoms with E-state index in [1.807, 2.05) is 30.3 Å². The summed E-state index contributed by atoms with van der Waals surface area (Å²) in [7, 11) is 2.92. The van der Waals surface area contributed by atoms with Gasteiger partial charge in [-0.3, -0.25) is 4.79 Å². The molecule has 0 amide bonds. The second-order valence-corrected chi connectivity index (χ2v) is 4.62. The fraction of sp³-hybridized carbons (Fsp3) is 0.250. The van der Waals surface area contributed by atoms with Gasteiger partial charge in [0, 0.05) is 14.2 Å². The van der Waals surface area contributed by atoms with Gasteiger partial charge in [-0.25, -0.2) is 4.79 Å². The summed E-state index contributed by atoms with van der Waals surface area (Å²) in [5, 5.41) is 9.12. The Hall–Kier alpha value is -2.44. The first-order chi connectivity index (χ1) is 10.6. The van der Waals surface area contributed by atoms with E-state index >= 15 is 0 Å². The number of pyridine rings is 1. The summed E-state index contributed by atoms with van der Waals surface area (Å²) in [6, 6.07) is 12.2. The standard InChI is InChI=1S/C16H17NO5/c1-21-14(22-2)10-17-13(11-6-4-3-5-7-11)9-8-12(15(17)18)16(19)20/h3-9,14H,10H2,1-2H3,(H,19,20). The van der Waals surface area contributed by atoms with E-state index in [4.69, 9.17) is 14.6 Å². The summed E-state index contributed by atoms with van der Waals surface area (Å²) in [5.74, 6) is -1.26. The molecule has 0 saturated carbocycles. The molecule has 6 heteroatoms. The largest absolute Gasteiger partial charge is 0.477 e. The molecule has 0 unspecified atom stereocenters. The first kappa shape index (κ1) is 15.9. The Labute approximate surface area is 127 Å². The topological polar surface area (TPSA) is 77.8 Å². The van der Waals surface area contributed by atoms with Gasteiger partial charge in [-0.15, -0.1) is 0 Å². The second kappa shape index (κ2) is 7.02. The van der Waals surface area contributed by atoms with Crippen molar-refractivity contribution in [2.75, 3.05) is 14.2 Å². The molecular formula is C16H17NO5. The highest BCUT2D eigenvalue weighted by Gasteiger charge is 2.17. The Morgan fingerprint density at radius 1 is 1.14 bits per heavy atom. The van der Waals surface area contributed by atoms with Crippen LogP contribution in [0.25, 0.3) is 11.3 Å². The fourth-order valence-corrected chi connectivity index (χ4v) is 2.18. The maximum Gasteiger partial charge on any atom is 0.341 e. The minimum absolute atomic E-state index is 0.0944. The van der Waals surface area contributed by atoms with Crippen LogP contribution in [0.1, 0.15) is 10.4 Å². The molecule has 1 aromatic carbocycles. The van der Waals surface area contributed by atoms with Gasteiger partial charge in [0.2, 0.25) is 0 Å². The summed E-state index contributed by atoms with van der Waals surface area (Å²) >= 11 is 0. The van der Waals surface area contributed by atoms with Crippen molar-refractivity contribution in [1.29, 1.82) is 0 Å². The van der Waals surface area contributed by atoms with Crippen LogP contribution in [-0.4, -0.2) is 36.2 Å². The molecule has 0 radical (unpaired) electrons. The van der Waals surface area contributed by atoms with Gasteiger partial charge in [0.05, 0.1) is 12.2 Å². The van der Waals surface area contributed by atoms with Crippen molar-refractivity contribution in [1.82, 2.24) is 4.57 Å². The number of carboxylic acid groups (broad SMARTS) is 1. The number of carbonyl (C=O) groups is 1. The van der Waals surface area contributed by atoms with Crippen molar-refractivity contribution in [2.45, 2.75) is 12.8 Å². The number of methoxy groups -OCH3 is 2. The first-order valence-electron chi connectivity index (χ1n) is 6.66. The molecule has 2 aromatic rings. The van der Waals surface area contributed by atoms with E-state index < -0.39 is 17.8 Å². The average molecular weight is 303 g/mol. The molecule has 2 rings (SSSR count). The molecule has 1 N–H and O–H groups in total. The molecule has 0 spiro atoms. The zero-order chi connectivity index (χ0) is 16.1. The van der Waals surface area contributed by atoms with E-state index in [1.54, 1.807) is 6.07 Å². The minimum Gasteiger partial charge on any atom is -0.477 e. The quantitative estimate of drug-likeness (QED) is 0.824. The molecule has 116 valence electrons. The lowest BCUT2D eigenvalue weighted by atomic mass is 10.1. The van der Waals surface area contributed by atoms with Crippen molar-refractivity contribution in [3.63, 3.8) is 0 Å². The minimum atomic E-state index is -1.26. The Kier molecular flexibility index (Phi) is 5.08. The summed E-state index contributed by atoms with van der Waals surface area (Å²) in [4.78, 5) is 23.6. The number of ether oxygens (including phenoxy) is 2. The number of hydrogen-bond acceptors (Lipinski definition) is 4. The normalized spacial score (nSPS) is 10.9. The summed E-state index contributed by atoms with van der Waals surface area (Å²) in [6.45, 7) is 0.0944. The highest BCUT2D eigenvalue weighted by molar-refractivity contribution is 5.87. The van der Waals surface area contributed by atoms with Crippen molar-refractivity contribution >= 4 is 5.97 Å². The van der Waals surface area contributed by atoms with Crippen LogP contribution in [0.5, 0.6) is 0 Å². The fourth-order valence-electron chi connectivity index (χ4n) is 2.18. The first-order valence-corrected chi connectivity index (χ1v) is 6.66. The zero-order valence-corrected chi connectivity index (χ0v) is 12.4. The predicted molar refractivity (Wildman–Crippen MR) is 80.9 cm³/mol. The predicted octanol–water partition coefficient (Wildman–Crippen LogP) is 1.83. The average Bonchev–Trinajstić information content (AvgIpc) is 2.54. The number of nitrogens with zero attached hydrogens (tertiary/aromatic N) is 1. The van der Waals surface area contributed by atoms with E-state index in [0.29, 0.717) is 5.69 Å². The lowest BCUT2D eigenvalue weighted by molar-refractivity contribution is -0.111. The Morgan fingerprint density at radius 3 is 2.32 bits per heavy atom. The van der Waals surface area contributed by atoms with Crippen LogP contribution >= 0.6 is 0 Å². The maximum absolute atomic E-state index is 12.4. The van der Waals surface area contributed by atoms with Gasteiger partial charge in [0.1, 0.15) is 5.56 Å². The molecule has 0 atom stereocenters. The van der Waals surface area contributed by atoms with Crippen molar-refractivity contribution in [2.24, 2.45) is 0 Å². The van der Waals surface area contributed by atoms with Crippen molar-refractivity contribution in [3.8, 4) is 11.3 Å². The van der Waals surface area contributed by atoms with Gasteiger partial charge in [-0.1, -0.05) is 30.3 Å². The molecule has 1 heterocycles. The molecule has 0 bridgehead atoms. The third-order valence-electron chi connectivity index (χ3n) is 3.33. The Morgan fingerprint density at radius 2 is 1.77 bits per heavy atom. The van der Waals surface area contributed by atoms with Crippen LogP contribution in [0.4, 0.5) is 0 Å². The van der Waals surface area contributed by atoms with Crippen LogP contribution < -0.4 is 5.56 Å². The summed E-state index contributed by atoms with van der Waals surface area (Å²) < 4.78 is 11.6. The van der Waals surface area contributed by atoms with Crippen molar-refractivity contribution in [3.05, 3.63) is 58.4 Å². The summed E-state index contributed by atoms with van der Waals surface area (Å²) in [6.07, 6.45) is -0.649. The van der Waals surface area contributed by atoms with Crippen LogP contribution in [-0.2, 0) is 16.0 Å². The molecule has 6 nitrogen and oxygen atoms in total. The van der Waals surface area contributed by atoms with E-state index in [1.165, 1.54) is 24.9 Å². The van der Waals surface area contributed by atoms with Crippen LogP contribution in [0.3, 0.4) is 0 Å². The van der Waals surface area contributed by atoms with E-state index in [9.17, 15) is 9.59 Å². The van der Waals surface area contributed by atoms with Gasteiger partial charge in [0.15, 0.2) is 6.29 Å². The molecule has 0 saturated heterocycles. The highest BCUT2D eigenvalue weighted by Crippen LogP contribution is 2.18.